The van der Waals surface area contributed by atoms with Crippen LogP contribution in [0.3, 0.4) is 0 Å². The van der Waals surface area contributed by atoms with Gasteiger partial charge < -0.3 is 24.2 Å². The summed E-state index contributed by atoms with van der Waals surface area (Å²) in [6, 6.07) is 12.2. The van der Waals surface area contributed by atoms with E-state index in [9.17, 15) is 14.7 Å². The number of methoxy groups -OCH3 is 2. The van der Waals surface area contributed by atoms with Crippen LogP contribution in [0.5, 0.6) is 11.5 Å². The van der Waals surface area contributed by atoms with Gasteiger partial charge in [0, 0.05) is 31.7 Å². The molecular weight excluding hydrogens is 472 g/mol. The first-order chi connectivity index (χ1) is 17.8. The van der Waals surface area contributed by atoms with Crippen LogP contribution in [0, 0.1) is 0 Å². The number of aliphatic hydroxyl groups is 1. The zero-order valence-corrected chi connectivity index (χ0v) is 22.0. The summed E-state index contributed by atoms with van der Waals surface area (Å²) >= 11 is 0. The predicted molar refractivity (Wildman–Crippen MR) is 141 cm³/mol. The van der Waals surface area contributed by atoms with Crippen LogP contribution in [0.2, 0.25) is 0 Å². The summed E-state index contributed by atoms with van der Waals surface area (Å²) in [6.45, 7) is 8.57. The number of Topliss-reactive ketones (excluding diaryl/α,β-unsaturated/α-hetero) is 1. The summed E-state index contributed by atoms with van der Waals surface area (Å²) in [7, 11) is 3.03. The summed E-state index contributed by atoms with van der Waals surface area (Å²) < 4.78 is 16.1. The molecule has 37 heavy (non-hydrogen) atoms. The molecule has 198 valence electrons. The summed E-state index contributed by atoms with van der Waals surface area (Å²) in [5, 5.41) is 11.4. The minimum absolute atomic E-state index is 0.0842. The van der Waals surface area contributed by atoms with Crippen molar-refractivity contribution in [1.29, 1.82) is 0 Å². The van der Waals surface area contributed by atoms with E-state index in [4.69, 9.17) is 14.2 Å². The quantitative estimate of drug-likeness (QED) is 0.312. The molecule has 0 spiro atoms. The minimum Gasteiger partial charge on any atom is -0.507 e. The zero-order chi connectivity index (χ0) is 26.5. The van der Waals surface area contributed by atoms with E-state index in [0.717, 1.165) is 30.8 Å². The molecule has 2 aliphatic rings. The molecule has 2 aliphatic heterocycles. The van der Waals surface area contributed by atoms with Crippen LogP contribution in [-0.2, 0) is 14.3 Å². The lowest BCUT2D eigenvalue weighted by atomic mass is 9.93. The number of carbonyl (C=O) groups is 2. The number of ether oxygens (including phenoxy) is 3. The van der Waals surface area contributed by atoms with Gasteiger partial charge in [-0.1, -0.05) is 38.1 Å². The van der Waals surface area contributed by atoms with Crippen molar-refractivity contribution in [3.63, 3.8) is 0 Å². The van der Waals surface area contributed by atoms with E-state index < -0.39 is 17.7 Å². The summed E-state index contributed by atoms with van der Waals surface area (Å²) in [5.41, 5.74) is 2.42. The monoisotopic (exact) mass is 508 g/mol. The number of hydrogen-bond acceptors (Lipinski definition) is 7. The third-order valence-electron chi connectivity index (χ3n) is 7.09. The Hall–Kier alpha value is -3.36. The van der Waals surface area contributed by atoms with Crippen LogP contribution >= 0.6 is 0 Å². The second kappa shape index (κ2) is 11.8. The maximum atomic E-state index is 13.3. The lowest BCUT2D eigenvalue weighted by Crippen LogP contribution is -2.38. The molecule has 8 heteroatoms. The number of amides is 1. The van der Waals surface area contributed by atoms with Gasteiger partial charge in [0.1, 0.15) is 5.76 Å². The van der Waals surface area contributed by atoms with Crippen molar-refractivity contribution in [2.45, 2.75) is 32.2 Å². The van der Waals surface area contributed by atoms with Gasteiger partial charge in [-0.3, -0.25) is 14.5 Å². The molecule has 0 aliphatic carbocycles. The van der Waals surface area contributed by atoms with Crippen molar-refractivity contribution in [2.24, 2.45) is 0 Å². The molecule has 1 atom stereocenters. The highest BCUT2D eigenvalue weighted by Crippen LogP contribution is 2.41. The summed E-state index contributed by atoms with van der Waals surface area (Å²) in [4.78, 5) is 30.5. The van der Waals surface area contributed by atoms with Crippen LogP contribution in [0.1, 0.15) is 48.9 Å². The van der Waals surface area contributed by atoms with E-state index in [1.54, 1.807) is 23.1 Å². The SMILES string of the molecule is COc1ccc(/C(O)=C2\C(=O)C(=O)N(CCCN3CCOCC3)[C@H]2c2ccc(C(C)C)cc2)cc1OC. The molecule has 0 bridgehead atoms. The van der Waals surface area contributed by atoms with E-state index >= 15 is 0 Å². The van der Waals surface area contributed by atoms with Crippen molar-refractivity contribution in [1.82, 2.24) is 9.80 Å². The molecule has 0 radical (unpaired) electrons. The molecule has 1 N–H and O–H groups in total. The van der Waals surface area contributed by atoms with Crippen LogP contribution in [0.4, 0.5) is 0 Å². The Bertz CT molecular complexity index is 1150. The molecule has 4 rings (SSSR count). The maximum absolute atomic E-state index is 13.3. The van der Waals surface area contributed by atoms with Crippen molar-refractivity contribution in [2.75, 3.05) is 53.6 Å². The van der Waals surface area contributed by atoms with Gasteiger partial charge in [0.2, 0.25) is 0 Å². The summed E-state index contributed by atoms with van der Waals surface area (Å²) in [6.07, 6.45) is 0.712. The Morgan fingerprint density at radius 3 is 2.30 bits per heavy atom. The molecule has 2 aromatic rings. The average Bonchev–Trinajstić information content (AvgIpc) is 3.18. The van der Waals surface area contributed by atoms with Gasteiger partial charge in [-0.25, -0.2) is 0 Å². The third kappa shape index (κ3) is 5.65. The van der Waals surface area contributed by atoms with Crippen LogP contribution in [0.15, 0.2) is 48.0 Å². The van der Waals surface area contributed by atoms with E-state index in [1.165, 1.54) is 14.2 Å². The Kier molecular flexibility index (Phi) is 8.51. The van der Waals surface area contributed by atoms with E-state index in [-0.39, 0.29) is 11.3 Å². The predicted octanol–water partition coefficient (Wildman–Crippen LogP) is 3.97. The number of morpholine rings is 1. The van der Waals surface area contributed by atoms with Gasteiger partial charge >= 0.3 is 0 Å². The fraction of sp³-hybridized carbons (Fsp3) is 0.448. The average molecular weight is 509 g/mol. The molecule has 1 amide bonds. The van der Waals surface area contributed by atoms with E-state index in [1.807, 2.05) is 24.3 Å². The van der Waals surface area contributed by atoms with Gasteiger partial charge in [-0.05, 0) is 41.7 Å². The lowest BCUT2D eigenvalue weighted by Gasteiger charge is -2.29. The number of hydrogen-bond donors (Lipinski definition) is 1. The number of benzene rings is 2. The van der Waals surface area contributed by atoms with Crippen molar-refractivity contribution in [3.05, 3.63) is 64.7 Å². The largest absolute Gasteiger partial charge is 0.507 e. The van der Waals surface area contributed by atoms with Crippen molar-refractivity contribution in [3.8, 4) is 11.5 Å². The number of ketones is 1. The molecule has 0 aromatic heterocycles. The Balaban J connectivity index is 1.71. The first-order valence-corrected chi connectivity index (χ1v) is 12.8. The second-order valence-corrected chi connectivity index (χ2v) is 9.69. The van der Waals surface area contributed by atoms with Gasteiger partial charge in [0.05, 0.1) is 39.0 Å². The molecule has 0 saturated carbocycles. The summed E-state index contributed by atoms with van der Waals surface area (Å²) in [5.74, 6) is -0.236. The number of rotatable bonds is 9. The fourth-order valence-corrected chi connectivity index (χ4v) is 4.95. The highest BCUT2D eigenvalue weighted by atomic mass is 16.5. The van der Waals surface area contributed by atoms with E-state index in [0.29, 0.717) is 49.2 Å². The zero-order valence-electron chi connectivity index (χ0n) is 22.0. The highest BCUT2D eigenvalue weighted by molar-refractivity contribution is 6.46. The Morgan fingerprint density at radius 1 is 1.00 bits per heavy atom. The molecule has 2 saturated heterocycles. The third-order valence-corrected chi connectivity index (χ3v) is 7.09. The highest BCUT2D eigenvalue weighted by Gasteiger charge is 2.45. The number of likely N-dealkylation sites (tertiary alicyclic amines) is 1. The normalized spacial score (nSPS) is 20.0. The van der Waals surface area contributed by atoms with Crippen molar-refractivity contribution < 1.29 is 28.9 Å². The lowest BCUT2D eigenvalue weighted by molar-refractivity contribution is -0.140. The van der Waals surface area contributed by atoms with Gasteiger partial charge in [0.15, 0.2) is 11.5 Å². The Morgan fingerprint density at radius 2 is 1.68 bits per heavy atom. The number of nitrogens with zero attached hydrogens (tertiary/aromatic N) is 2. The molecule has 2 aromatic carbocycles. The van der Waals surface area contributed by atoms with Gasteiger partial charge in [-0.15, -0.1) is 0 Å². The van der Waals surface area contributed by atoms with Crippen LogP contribution in [0.25, 0.3) is 5.76 Å². The fourth-order valence-electron chi connectivity index (χ4n) is 4.95. The number of aliphatic hydroxyl groups excluding tert-OH is 1. The first kappa shape index (κ1) is 26.7. The topological polar surface area (TPSA) is 88.5 Å². The van der Waals surface area contributed by atoms with E-state index in [2.05, 4.69) is 18.7 Å². The smallest absolute Gasteiger partial charge is 0.295 e. The molecule has 8 nitrogen and oxygen atoms in total. The maximum Gasteiger partial charge on any atom is 0.295 e. The molecule has 0 unspecified atom stereocenters. The molecule has 2 fully saturated rings. The van der Waals surface area contributed by atoms with Crippen LogP contribution < -0.4 is 9.47 Å². The standard InChI is InChI=1S/C29H36N2O6/c1-19(2)20-6-8-21(9-7-20)26-25(27(32)22-10-11-23(35-3)24(18-22)36-4)28(33)29(34)31(26)13-5-12-30-14-16-37-17-15-30/h6-11,18-19,26,32H,5,12-17H2,1-4H3/b27-25+/t26-/m0/s1. The minimum atomic E-state index is -0.684. The van der Waals surface area contributed by atoms with Crippen LogP contribution in [-0.4, -0.2) is 80.2 Å². The van der Waals surface area contributed by atoms with Gasteiger partial charge in [0.25, 0.3) is 11.7 Å². The molecular formula is C29H36N2O6. The Labute approximate surface area is 218 Å². The van der Waals surface area contributed by atoms with Crippen molar-refractivity contribution >= 4 is 17.4 Å². The van der Waals surface area contributed by atoms with Gasteiger partial charge in [-0.2, -0.15) is 0 Å². The number of carbonyl (C=O) groups excluding carboxylic acids is 2. The second-order valence-electron chi connectivity index (χ2n) is 9.69. The molecule has 2 heterocycles. The first-order valence-electron chi connectivity index (χ1n) is 12.8.